The number of ether oxygens (including phenoxy) is 2. The molecule has 96 valence electrons. The van der Waals surface area contributed by atoms with Crippen LogP contribution in [0.5, 0.6) is 11.5 Å². The molecule has 1 heterocycles. The molecule has 0 saturated heterocycles. The van der Waals surface area contributed by atoms with Crippen molar-refractivity contribution < 1.29 is 14.3 Å². The first kappa shape index (κ1) is 11.8. The Morgan fingerprint density at radius 3 is 2.58 bits per heavy atom. The number of Topliss-reactive ketones (excluding diaryl/α,β-unsaturated/α-hetero) is 1. The lowest BCUT2D eigenvalue weighted by Crippen LogP contribution is -2.25. The van der Waals surface area contributed by atoms with Gasteiger partial charge in [-0.1, -0.05) is 30.3 Å². The molecule has 0 bridgehead atoms. The van der Waals surface area contributed by atoms with Crippen LogP contribution in [0.1, 0.15) is 17.2 Å². The van der Waals surface area contributed by atoms with E-state index in [1.165, 1.54) is 0 Å². The summed E-state index contributed by atoms with van der Waals surface area (Å²) in [6.45, 7) is 0. The van der Waals surface area contributed by atoms with E-state index in [-0.39, 0.29) is 5.78 Å². The van der Waals surface area contributed by atoms with Gasteiger partial charge in [-0.2, -0.15) is 0 Å². The molecule has 0 radical (unpaired) electrons. The number of carbonyl (C=O) groups excluding carboxylic acids is 1. The Kier molecular flexibility index (Phi) is 2.95. The van der Waals surface area contributed by atoms with Gasteiger partial charge in [0.15, 0.2) is 11.9 Å². The fraction of sp³-hybridized carbons (Fsp3) is 0.188. The summed E-state index contributed by atoms with van der Waals surface area (Å²) >= 11 is 0. The summed E-state index contributed by atoms with van der Waals surface area (Å²) in [7, 11) is 1.62. The average Bonchev–Trinajstić information content (AvgIpc) is 2.47. The molecular formula is C16H14O3. The summed E-state index contributed by atoms with van der Waals surface area (Å²) in [5.41, 5.74) is 1.82. The number of rotatable bonds is 2. The molecular weight excluding hydrogens is 240 g/mol. The Bertz CT molecular complexity index is 602. The van der Waals surface area contributed by atoms with Crippen molar-refractivity contribution >= 4 is 5.78 Å². The molecule has 1 atom stereocenters. The number of hydrogen-bond acceptors (Lipinski definition) is 3. The molecule has 1 aliphatic heterocycles. The standard InChI is InChI=1S/C16H14O3/c1-18-13-8-6-11(7-9-13)16-14(17)10-12-4-2-3-5-15(12)19-16/h2-9,16H,10H2,1H3. The highest BCUT2D eigenvalue weighted by Gasteiger charge is 2.28. The molecule has 1 unspecified atom stereocenters. The maximum atomic E-state index is 12.2. The van der Waals surface area contributed by atoms with Gasteiger partial charge in [-0.3, -0.25) is 4.79 Å². The third-order valence-electron chi connectivity index (χ3n) is 3.29. The summed E-state index contributed by atoms with van der Waals surface area (Å²) in [5.74, 6) is 1.65. The zero-order valence-electron chi connectivity index (χ0n) is 10.6. The van der Waals surface area contributed by atoms with Crippen LogP contribution in [0.2, 0.25) is 0 Å². The van der Waals surface area contributed by atoms with E-state index in [1.807, 2.05) is 48.5 Å². The molecule has 2 aromatic rings. The lowest BCUT2D eigenvalue weighted by Gasteiger charge is -2.25. The van der Waals surface area contributed by atoms with Crippen LogP contribution in [0.25, 0.3) is 0 Å². The van der Waals surface area contributed by atoms with Gasteiger partial charge in [0.1, 0.15) is 11.5 Å². The maximum Gasteiger partial charge on any atom is 0.182 e. The van der Waals surface area contributed by atoms with Gasteiger partial charge < -0.3 is 9.47 Å². The molecule has 0 saturated carbocycles. The molecule has 3 heteroatoms. The van der Waals surface area contributed by atoms with Crippen LogP contribution in [-0.4, -0.2) is 12.9 Å². The van der Waals surface area contributed by atoms with E-state index in [9.17, 15) is 4.79 Å². The molecule has 0 fully saturated rings. The third kappa shape index (κ3) is 2.19. The predicted molar refractivity (Wildman–Crippen MR) is 71.5 cm³/mol. The number of ketones is 1. The minimum Gasteiger partial charge on any atom is -0.497 e. The monoisotopic (exact) mass is 254 g/mol. The van der Waals surface area contributed by atoms with Crippen molar-refractivity contribution in [3.8, 4) is 11.5 Å². The lowest BCUT2D eigenvalue weighted by molar-refractivity contribution is -0.126. The van der Waals surface area contributed by atoms with Crippen molar-refractivity contribution in [3.05, 3.63) is 59.7 Å². The summed E-state index contributed by atoms with van der Waals surface area (Å²) < 4.78 is 10.9. The van der Waals surface area contributed by atoms with Crippen molar-refractivity contribution in [2.75, 3.05) is 7.11 Å². The number of fused-ring (bicyclic) bond motifs is 1. The van der Waals surface area contributed by atoms with E-state index in [2.05, 4.69) is 0 Å². The highest BCUT2D eigenvalue weighted by Crippen LogP contribution is 2.33. The molecule has 19 heavy (non-hydrogen) atoms. The van der Waals surface area contributed by atoms with E-state index < -0.39 is 6.10 Å². The molecule has 3 rings (SSSR count). The first-order valence-corrected chi connectivity index (χ1v) is 6.19. The Hall–Kier alpha value is -2.29. The zero-order valence-corrected chi connectivity index (χ0v) is 10.6. The molecule has 0 aromatic heterocycles. The second-order valence-corrected chi connectivity index (χ2v) is 4.52. The Morgan fingerprint density at radius 1 is 1.11 bits per heavy atom. The van der Waals surface area contributed by atoms with Gasteiger partial charge in [-0.15, -0.1) is 0 Å². The fourth-order valence-corrected chi connectivity index (χ4v) is 2.27. The van der Waals surface area contributed by atoms with Crippen LogP contribution in [0.4, 0.5) is 0 Å². The van der Waals surface area contributed by atoms with Gasteiger partial charge in [0.2, 0.25) is 0 Å². The van der Waals surface area contributed by atoms with Crippen molar-refractivity contribution in [1.82, 2.24) is 0 Å². The Balaban J connectivity index is 1.91. The molecule has 1 aliphatic rings. The van der Waals surface area contributed by atoms with E-state index in [0.717, 1.165) is 22.6 Å². The summed E-state index contributed by atoms with van der Waals surface area (Å²) in [4.78, 5) is 12.2. The van der Waals surface area contributed by atoms with Crippen molar-refractivity contribution in [2.24, 2.45) is 0 Å². The quantitative estimate of drug-likeness (QED) is 0.826. The third-order valence-corrected chi connectivity index (χ3v) is 3.29. The zero-order chi connectivity index (χ0) is 13.2. The Morgan fingerprint density at radius 2 is 1.84 bits per heavy atom. The minimum atomic E-state index is -0.513. The van der Waals surface area contributed by atoms with Crippen LogP contribution < -0.4 is 9.47 Å². The largest absolute Gasteiger partial charge is 0.497 e. The van der Waals surface area contributed by atoms with Crippen molar-refractivity contribution in [1.29, 1.82) is 0 Å². The smallest absolute Gasteiger partial charge is 0.182 e. The maximum absolute atomic E-state index is 12.2. The van der Waals surface area contributed by atoms with Crippen LogP contribution in [0.3, 0.4) is 0 Å². The van der Waals surface area contributed by atoms with Crippen molar-refractivity contribution in [3.63, 3.8) is 0 Å². The fourth-order valence-electron chi connectivity index (χ4n) is 2.27. The normalized spacial score (nSPS) is 17.5. The lowest BCUT2D eigenvalue weighted by atomic mass is 9.96. The Labute approximate surface area is 111 Å². The second-order valence-electron chi connectivity index (χ2n) is 4.52. The number of carbonyl (C=O) groups is 1. The highest BCUT2D eigenvalue weighted by molar-refractivity contribution is 5.88. The number of para-hydroxylation sites is 1. The van der Waals surface area contributed by atoms with E-state index >= 15 is 0 Å². The SMILES string of the molecule is COc1ccc(C2Oc3ccccc3CC2=O)cc1. The minimum absolute atomic E-state index is 0.0869. The summed E-state index contributed by atoms with van der Waals surface area (Å²) in [6, 6.07) is 15.1. The van der Waals surface area contributed by atoms with Gasteiger partial charge in [-0.05, 0) is 18.2 Å². The molecule has 2 aromatic carbocycles. The molecule has 0 N–H and O–H groups in total. The average molecular weight is 254 g/mol. The predicted octanol–water partition coefficient (Wildman–Crippen LogP) is 2.94. The van der Waals surface area contributed by atoms with Crippen molar-refractivity contribution in [2.45, 2.75) is 12.5 Å². The number of benzene rings is 2. The summed E-state index contributed by atoms with van der Waals surface area (Å²) in [6.07, 6.45) is -0.0897. The highest BCUT2D eigenvalue weighted by atomic mass is 16.5. The first-order chi connectivity index (χ1) is 9.28. The van der Waals surface area contributed by atoms with Crippen LogP contribution in [0.15, 0.2) is 48.5 Å². The van der Waals surface area contributed by atoms with Crippen LogP contribution in [-0.2, 0) is 11.2 Å². The summed E-state index contributed by atoms with van der Waals surface area (Å²) in [5, 5.41) is 0. The van der Waals surface area contributed by atoms with E-state index in [4.69, 9.17) is 9.47 Å². The van der Waals surface area contributed by atoms with Gasteiger partial charge in [-0.25, -0.2) is 0 Å². The van der Waals surface area contributed by atoms with E-state index in [1.54, 1.807) is 7.11 Å². The molecule has 3 nitrogen and oxygen atoms in total. The second kappa shape index (κ2) is 4.76. The molecule has 0 aliphatic carbocycles. The first-order valence-electron chi connectivity index (χ1n) is 6.19. The molecule has 0 spiro atoms. The van der Waals surface area contributed by atoms with E-state index in [0.29, 0.717) is 6.42 Å². The van der Waals surface area contributed by atoms with Gasteiger partial charge in [0, 0.05) is 17.5 Å². The topological polar surface area (TPSA) is 35.5 Å². The number of hydrogen-bond donors (Lipinski definition) is 0. The van der Waals surface area contributed by atoms with Gasteiger partial charge in [0.25, 0.3) is 0 Å². The molecule has 0 amide bonds. The number of methoxy groups -OCH3 is 1. The van der Waals surface area contributed by atoms with Gasteiger partial charge in [0.05, 0.1) is 7.11 Å². The van der Waals surface area contributed by atoms with Gasteiger partial charge >= 0.3 is 0 Å². The van der Waals surface area contributed by atoms with Crippen LogP contribution in [0, 0.1) is 0 Å². The van der Waals surface area contributed by atoms with Crippen LogP contribution >= 0.6 is 0 Å².